The molecule has 1 amide bonds. The topological polar surface area (TPSA) is 159 Å². The number of nitrogens with zero attached hydrogens (tertiary/aromatic N) is 7. The molecule has 1 saturated heterocycles. The van der Waals surface area contributed by atoms with Crippen LogP contribution in [-0.2, 0) is 13.2 Å². The fourth-order valence-electron chi connectivity index (χ4n) is 4.57. The van der Waals surface area contributed by atoms with Gasteiger partial charge in [-0.2, -0.15) is 9.78 Å². The molecule has 220 valence electrons. The molecule has 14 heteroatoms. The average molecular weight is 594 g/mol. The first kappa shape index (κ1) is 29.0. The zero-order chi connectivity index (χ0) is 29.6. The fraction of sp³-hybridized carbons (Fsp3) is 0.357. The Balaban J connectivity index is 1.31. The Morgan fingerprint density at radius 2 is 1.93 bits per heavy atom. The number of hydrogen-bond acceptors (Lipinski definition) is 11. The number of halogens is 1. The van der Waals surface area contributed by atoms with E-state index in [2.05, 4.69) is 43.0 Å². The minimum absolute atomic E-state index is 0.0452. The van der Waals surface area contributed by atoms with Crippen molar-refractivity contribution in [2.45, 2.75) is 39.8 Å². The number of ether oxygens (including phenoxy) is 2. The van der Waals surface area contributed by atoms with E-state index in [1.54, 1.807) is 26.2 Å². The summed E-state index contributed by atoms with van der Waals surface area (Å²) in [6.07, 6.45) is 2.13. The molecule has 1 fully saturated rings. The molecule has 0 bridgehead atoms. The Kier molecular flexibility index (Phi) is 8.98. The molecule has 2 aromatic carbocycles. The number of rotatable bonds is 10. The van der Waals surface area contributed by atoms with Gasteiger partial charge in [0.05, 0.1) is 18.5 Å². The highest BCUT2D eigenvalue weighted by molar-refractivity contribution is 6.30. The Morgan fingerprint density at radius 1 is 1.17 bits per heavy atom. The number of benzene rings is 2. The van der Waals surface area contributed by atoms with Crippen molar-refractivity contribution in [1.82, 2.24) is 35.6 Å². The van der Waals surface area contributed by atoms with Crippen LogP contribution in [0.2, 0.25) is 5.02 Å². The summed E-state index contributed by atoms with van der Waals surface area (Å²) >= 11 is 5.96. The molecular formula is C28H32ClN9O4. The van der Waals surface area contributed by atoms with E-state index >= 15 is 0 Å². The van der Waals surface area contributed by atoms with Crippen molar-refractivity contribution in [3.05, 3.63) is 70.0 Å². The van der Waals surface area contributed by atoms with Crippen LogP contribution >= 0.6 is 11.6 Å². The van der Waals surface area contributed by atoms with Gasteiger partial charge in [-0.05, 0) is 85.0 Å². The van der Waals surface area contributed by atoms with Crippen molar-refractivity contribution in [2.75, 3.05) is 25.9 Å². The van der Waals surface area contributed by atoms with Crippen LogP contribution in [0.1, 0.15) is 54.0 Å². The summed E-state index contributed by atoms with van der Waals surface area (Å²) in [5.74, 6) is 1.45. The number of methoxy groups -OCH3 is 1. The van der Waals surface area contributed by atoms with Crippen LogP contribution in [0.5, 0.6) is 11.5 Å². The average Bonchev–Trinajstić information content (AvgIpc) is 3.61. The Labute approximate surface area is 247 Å². The Morgan fingerprint density at radius 3 is 2.62 bits per heavy atom. The van der Waals surface area contributed by atoms with E-state index in [-0.39, 0.29) is 17.3 Å². The highest BCUT2D eigenvalue weighted by Crippen LogP contribution is 2.29. The summed E-state index contributed by atoms with van der Waals surface area (Å²) < 4.78 is 17.6. The number of piperidine rings is 1. The Bertz CT molecular complexity index is 1560. The molecule has 0 unspecified atom stereocenters. The smallest absolute Gasteiger partial charge is 0.293 e. The van der Waals surface area contributed by atoms with Gasteiger partial charge in [-0.3, -0.25) is 9.69 Å². The van der Waals surface area contributed by atoms with E-state index in [0.717, 1.165) is 37.1 Å². The number of likely N-dealkylation sites (tertiary alicyclic amines) is 1. The van der Waals surface area contributed by atoms with Crippen LogP contribution in [0.3, 0.4) is 0 Å². The zero-order valence-electron chi connectivity index (χ0n) is 23.6. The van der Waals surface area contributed by atoms with Crippen LogP contribution < -0.4 is 20.6 Å². The predicted octanol–water partition coefficient (Wildman–Crippen LogP) is 3.86. The lowest BCUT2D eigenvalue weighted by molar-refractivity contribution is 0.0946. The molecule has 0 radical (unpaired) electrons. The van der Waals surface area contributed by atoms with Crippen LogP contribution in [0.25, 0.3) is 5.82 Å². The normalized spacial score (nSPS) is 14.6. The number of nitrogens with one attached hydrogen (secondary N) is 1. The summed E-state index contributed by atoms with van der Waals surface area (Å²) in [5.41, 5.74) is 11.4. The number of anilines is 1. The molecule has 1 aliphatic rings. The number of nitrogen functional groups attached to an aromatic ring is 1. The number of nitrogens with two attached hydrogens (primary N) is 1. The monoisotopic (exact) mass is 593 g/mol. The largest absolute Gasteiger partial charge is 0.493 e. The molecule has 2 aromatic heterocycles. The van der Waals surface area contributed by atoms with Crippen LogP contribution in [0.4, 0.5) is 5.82 Å². The maximum Gasteiger partial charge on any atom is 0.293 e. The lowest BCUT2D eigenvalue weighted by Gasteiger charge is -2.30. The number of amides is 1. The first-order valence-electron chi connectivity index (χ1n) is 13.5. The van der Waals surface area contributed by atoms with Gasteiger partial charge in [0.1, 0.15) is 6.61 Å². The third-order valence-electron chi connectivity index (χ3n) is 7.14. The summed E-state index contributed by atoms with van der Waals surface area (Å²) in [6.45, 7) is 6.56. The molecule has 1 aliphatic heterocycles. The summed E-state index contributed by atoms with van der Waals surface area (Å²) in [5, 5.41) is 20.7. The second-order valence-electron chi connectivity index (χ2n) is 10.1. The predicted molar refractivity (Wildman–Crippen MR) is 156 cm³/mol. The Hall–Kier alpha value is -4.49. The van der Waals surface area contributed by atoms with Crippen molar-refractivity contribution in [3.8, 4) is 17.3 Å². The van der Waals surface area contributed by atoms with Gasteiger partial charge in [-0.25, -0.2) is 10.1 Å². The fourth-order valence-corrected chi connectivity index (χ4v) is 4.69. The molecule has 0 aliphatic carbocycles. The minimum Gasteiger partial charge on any atom is -0.493 e. The molecule has 0 spiro atoms. The summed E-state index contributed by atoms with van der Waals surface area (Å²) in [6, 6.07) is 12.9. The third kappa shape index (κ3) is 6.69. The van der Waals surface area contributed by atoms with Gasteiger partial charge in [0, 0.05) is 17.1 Å². The lowest BCUT2D eigenvalue weighted by Crippen LogP contribution is -2.34. The first-order valence-corrected chi connectivity index (χ1v) is 13.9. The quantitative estimate of drug-likeness (QED) is 0.204. The van der Waals surface area contributed by atoms with Gasteiger partial charge in [0.2, 0.25) is 11.6 Å². The van der Waals surface area contributed by atoms with Crippen molar-refractivity contribution < 1.29 is 18.9 Å². The molecule has 13 nitrogen and oxygen atoms in total. The van der Waals surface area contributed by atoms with E-state index in [1.807, 2.05) is 30.3 Å². The van der Waals surface area contributed by atoms with Crippen molar-refractivity contribution in [3.63, 3.8) is 0 Å². The van der Waals surface area contributed by atoms with E-state index < -0.39 is 5.91 Å². The van der Waals surface area contributed by atoms with E-state index in [9.17, 15) is 4.79 Å². The summed E-state index contributed by atoms with van der Waals surface area (Å²) in [7, 11) is 1.56. The molecule has 42 heavy (non-hydrogen) atoms. The molecule has 0 saturated carbocycles. The SMILES string of the molecule is COc1cc(/C(C)=N\NC(=O)c2nnn(-c3nonc3N)c2CN2CCC(C)CC2)ccc1OCc1ccc(Cl)cc1. The number of hydrogen-bond donors (Lipinski definition) is 2. The number of carbonyl (C=O) groups is 1. The van der Waals surface area contributed by atoms with Gasteiger partial charge in [0.25, 0.3) is 5.91 Å². The van der Waals surface area contributed by atoms with Gasteiger partial charge in [-0.1, -0.05) is 35.9 Å². The van der Waals surface area contributed by atoms with Crippen LogP contribution in [0, 0.1) is 5.92 Å². The molecule has 0 atom stereocenters. The zero-order valence-corrected chi connectivity index (χ0v) is 24.3. The molecule has 4 aromatic rings. The van der Waals surface area contributed by atoms with Crippen molar-refractivity contribution in [2.24, 2.45) is 11.0 Å². The van der Waals surface area contributed by atoms with Crippen LogP contribution in [0.15, 0.2) is 52.2 Å². The molecular weight excluding hydrogens is 562 g/mol. The van der Waals surface area contributed by atoms with Crippen molar-refractivity contribution >= 4 is 29.0 Å². The van der Waals surface area contributed by atoms with Gasteiger partial charge < -0.3 is 15.2 Å². The van der Waals surface area contributed by atoms with Crippen molar-refractivity contribution in [1.29, 1.82) is 0 Å². The number of carbonyl (C=O) groups excluding carboxylic acids is 1. The van der Waals surface area contributed by atoms with Gasteiger partial charge >= 0.3 is 0 Å². The maximum atomic E-state index is 13.3. The highest BCUT2D eigenvalue weighted by atomic mass is 35.5. The summed E-state index contributed by atoms with van der Waals surface area (Å²) in [4.78, 5) is 15.5. The molecule has 5 rings (SSSR count). The minimum atomic E-state index is -0.522. The molecule has 3 heterocycles. The van der Waals surface area contributed by atoms with Gasteiger partial charge in [-0.15, -0.1) is 5.10 Å². The van der Waals surface area contributed by atoms with E-state index in [1.165, 1.54) is 4.68 Å². The maximum absolute atomic E-state index is 13.3. The second kappa shape index (κ2) is 13.0. The standard InChI is InChI=1S/C28H32ClN9O4/c1-17-10-12-37(13-11-17)15-22-25(32-36-38(22)27-26(30)34-42-35-27)28(39)33-31-18(2)20-6-9-23(24(14-20)40-3)41-16-19-4-7-21(29)8-5-19/h4-9,14,17H,10-13,15-16H2,1-3H3,(H2,30,34)(H,33,39)/b31-18-. The highest BCUT2D eigenvalue weighted by Gasteiger charge is 2.27. The number of hydrazone groups is 1. The molecule has 3 N–H and O–H groups in total. The number of aromatic nitrogens is 5. The third-order valence-corrected chi connectivity index (χ3v) is 7.39. The van der Waals surface area contributed by atoms with Gasteiger partial charge in [0.15, 0.2) is 17.2 Å². The second-order valence-corrected chi connectivity index (χ2v) is 10.6. The lowest BCUT2D eigenvalue weighted by atomic mass is 9.99. The van der Waals surface area contributed by atoms with Crippen LogP contribution in [-0.4, -0.2) is 62.0 Å². The first-order chi connectivity index (χ1) is 20.3. The van der Waals surface area contributed by atoms with E-state index in [0.29, 0.717) is 47.0 Å². The van der Waals surface area contributed by atoms with E-state index in [4.69, 9.17) is 31.4 Å².